The Morgan fingerprint density at radius 2 is 1.69 bits per heavy atom. The van der Waals surface area contributed by atoms with Gasteiger partial charge in [0.25, 0.3) is 0 Å². The first kappa shape index (κ1) is 13.2. The third-order valence-electron chi connectivity index (χ3n) is 2.74. The van der Waals surface area contributed by atoms with E-state index in [0.717, 1.165) is 25.6 Å². The van der Waals surface area contributed by atoms with Crippen LogP contribution < -0.4 is 5.73 Å². The van der Waals surface area contributed by atoms with Crippen LogP contribution in [0.3, 0.4) is 0 Å². The smallest absolute Gasteiger partial charge is 0.0233 e. The van der Waals surface area contributed by atoms with Crippen LogP contribution in [0.1, 0.15) is 31.9 Å². The molecule has 0 spiro atoms. The zero-order chi connectivity index (χ0) is 12.0. The van der Waals surface area contributed by atoms with Crippen molar-refractivity contribution < 1.29 is 0 Å². The van der Waals surface area contributed by atoms with E-state index in [4.69, 9.17) is 5.73 Å². The average Bonchev–Trinajstić information content (AvgIpc) is 2.28. The minimum absolute atomic E-state index is 0.629. The van der Waals surface area contributed by atoms with Crippen LogP contribution in [0.2, 0.25) is 0 Å². The molecule has 0 fully saturated rings. The zero-order valence-electron chi connectivity index (χ0n) is 10.7. The summed E-state index contributed by atoms with van der Waals surface area (Å²) in [7, 11) is 0. The molecule has 2 heteroatoms. The minimum Gasteiger partial charge on any atom is -0.326 e. The summed E-state index contributed by atoms with van der Waals surface area (Å²) in [6.07, 6.45) is 0. The van der Waals surface area contributed by atoms with Crippen molar-refractivity contribution in [2.24, 2.45) is 11.7 Å². The van der Waals surface area contributed by atoms with E-state index in [1.54, 1.807) is 0 Å². The number of benzene rings is 1. The molecule has 1 aromatic carbocycles. The van der Waals surface area contributed by atoms with Crippen LogP contribution in [0.5, 0.6) is 0 Å². The molecule has 0 unspecified atom stereocenters. The number of nitrogens with two attached hydrogens (primary N) is 1. The highest BCUT2D eigenvalue weighted by molar-refractivity contribution is 5.22. The average molecular weight is 220 g/mol. The monoisotopic (exact) mass is 220 g/mol. The van der Waals surface area contributed by atoms with Crippen molar-refractivity contribution in [3.63, 3.8) is 0 Å². The van der Waals surface area contributed by atoms with Gasteiger partial charge in [-0.1, -0.05) is 45.0 Å². The molecule has 0 heterocycles. The van der Waals surface area contributed by atoms with Crippen LogP contribution in [-0.4, -0.2) is 18.0 Å². The van der Waals surface area contributed by atoms with Crippen LogP contribution in [0.25, 0.3) is 0 Å². The fourth-order valence-corrected chi connectivity index (χ4v) is 1.86. The summed E-state index contributed by atoms with van der Waals surface area (Å²) >= 11 is 0. The molecule has 90 valence electrons. The fourth-order valence-electron chi connectivity index (χ4n) is 1.86. The van der Waals surface area contributed by atoms with Gasteiger partial charge in [0.1, 0.15) is 0 Å². The first-order valence-corrected chi connectivity index (χ1v) is 6.16. The number of nitrogens with zero attached hydrogens (tertiary/aromatic N) is 1. The summed E-state index contributed by atoms with van der Waals surface area (Å²) in [4.78, 5) is 2.47. The van der Waals surface area contributed by atoms with Gasteiger partial charge in [-0.2, -0.15) is 0 Å². The minimum atomic E-state index is 0.629. The van der Waals surface area contributed by atoms with Crippen LogP contribution in [-0.2, 0) is 13.1 Å². The lowest BCUT2D eigenvalue weighted by atomic mass is 10.1. The molecule has 0 saturated heterocycles. The number of hydrogen-bond acceptors (Lipinski definition) is 2. The van der Waals surface area contributed by atoms with E-state index in [-0.39, 0.29) is 0 Å². The van der Waals surface area contributed by atoms with E-state index >= 15 is 0 Å². The molecular formula is C14H24N2. The highest BCUT2D eigenvalue weighted by Gasteiger charge is 2.05. The first-order valence-electron chi connectivity index (χ1n) is 6.16. The second-order valence-corrected chi connectivity index (χ2v) is 4.74. The summed E-state index contributed by atoms with van der Waals surface area (Å²) in [5, 5.41) is 0. The van der Waals surface area contributed by atoms with Gasteiger partial charge < -0.3 is 5.73 Å². The van der Waals surface area contributed by atoms with Gasteiger partial charge in [-0.3, -0.25) is 4.90 Å². The molecule has 0 aromatic heterocycles. The number of hydrogen-bond donors (Lipinski definition) is 1. The normalized spacial score (nSPS) is 11.4. The molecule has 0 radical (unpaired) electrons. The van der Waals surface area contributed by atoms with E-state index in [0.29, 0.717) is 6.54 Å². The van der Waals surface area contributed by atoms with Gasteiger partial charge in [-0.05, 0) is 23.6 Å². The zero-order valence-corrected chi connectivity index (χ0v) is 10.7. The third-order valence-corrected chi connectivity index (χ3v) is 2.74. The van der Waals surface area contributed by atoms with Gasteiger partial charge in [-0.15, -0.1) is 0 Å². The van der Waals surface area contributed by atoms with Gasteiger partial charge in [-0.25, -0.2) is 0 Å². The van der Waals surface area contributed by atoms with Crippen molar-refractivity contribution >= 4 is 0 Å². The van der Waals surface area contributed by atoms with Crippen molar-refractivity contribution in [3.05, 3.63) is 35.4 Å². The predicted octanol–water partition coefficient (Wildman–Crippen LogP) is 2.62. The van der Waals surface area contributed by atoms with Crippen LogP contribution in [0.15, 0.2) is 24.3 Å². The van der Waals surface area contributed by atoms with Crippen LogP contribution in [0.4, 0.5) is 0 Å². The highest BCUT2D eigenvalue weighted by Crippen LogP contribution is 2.08. The van der Waals surface area contributed by atoms with E-state index in [1.807, 2.05) is 0 Å². The molecule has 0 atom stereocenters. The SMILES string of the molecule is CCN(Cc1ccc(CN)cc1)CC(C)C. The maximum absolute atomic E-state index is 5.58. The van der Waals surface area contributed by atoms with Crippen LogP contribution >= 0.6 is 0 Å². The molecule has 16 heavy (non-hydrogen) atoms. The summed E-state index contributed by atoms with van der Waals surface area (Å²) < 4.78 is 0. The molecular weight excluding hydrogens is 196 g/mol. The van der Waals surface area contributed by atoms with Crippen molar-refractivity contribution in [1.29, 1.82) is 0 Å². The summed E-state index contributed by atoms with van der Waals surface area (Å²) in [5.74, 6) is 0.725. The quantitative estimate of drug-likeness (QED) is 0.798. The predicted molar refractivity (Wildman–Crippen MR) is 70.1 cm³/mol. The third kappa shape index (κ3) is 4.33. The van der Waals surface area contributed by atoms with Crippen molar-refractivity contribution in [1.82, 2.24) is 4.90 Å². The maximum atomic E-state index is 5.58. The Bertz CT molecular complexity index is 290. The van der Waals surface area contributed by atoms with E-state index in [1.165, 1.54) is 11.1 Å². The molecule has 0 bridgehead atoms. The van der Waals surface area contributed by atoms with E-state index in [9.17, 15) is 0 Å². The van der Waals surface area contributed by atoms with Gasteiger partial charge in [0.2, 0.25) is 0 Å². The second kappa shape index (κ2) is 6.66. The molecule has 0 aliphatic rings. The van der Waals surface area contributed by atoms with Crippen molar-refractivity contribution in [2.75, 3.05) is 13.1 Å². The van der Waals surface area contributed by atoms with Crippen molar-refractivity contribution in [3.8, 4) is 0 Å². The lowest BCUT2D eigenvalue weighted by Gasteiger charge is -2.22. The Hall–Kier alpha value is -0.860. The Morgan fingerprint density at radius 1 is 1.12 bits per heavy atom. The summed E-state index contributed by atoms with van der Waals surface area (Å²) in [6, 6.07) is 8.62. The second-order valence-electron chi connectivity index (χ2n) is 4.74. The molecule has 1 rings (SSSR count). The van der Waals surface area contributed by atoms with Crippen molar-refractivity contribution in [2.45, 2.75) is 33.9 Å². The Balaban J connectivity index is 2.56. The lowest BCUT2D eigenvalue weighted by Crippen LogP contribution is -2.27. The maximum Gasteiger partial charge on any atom is 0.0233 e. The standard InChI is InChI=1S/C14H24N2/c1-4-16(10-12(2)3)11-14-7-5-13(9-15)6-8-14/h5-8,12H,4,9-11,15H2,1-3H3. The van der Waals surface area contributed by atoms with Crippen LogP contribution in [0, 0.1) is 5.92 Å². The highest BCUT2D eigenvalue weighted by atomic mass is 15.1. The lowest BCUT2D eigenvalue weighted by molar-refractivity contribution is 0.248. The molecule has 0 aliphatic carbocycles. The number of rotatable bonds is 6. The van der Waals surface area contributed by atoms with Gasteiger partial charge in [0, 0.05) is 19.6 Å². The topological polar surface area (TPSA) is 29.3 Å². The van der Waals surface area contributed by atoms with Gasteiger partial charge in [0.15, 0.2) is 0 Å². The molecule has 1 aromatic rings. The van der Waals surface area contributed by atoms with Gasteiger partial charge in [0.05, 0.1) is 0 Å². The van der Waals surface area contributed by atoms with E-state index < -0.39 is 0 Å². The summed E-state index contributed by atoms with van der Waals surface area (Å²) in [6.45, 7) is 10.7. The Labute approximate surface area is 99.5 Å². The largest absolute Gasteiger partial charge is 0.326 e. The summed E-state index contributed by atoms with van der Waals surface area (Å²) in [5.41, 5.74) is 8.16. The van der Waals surface area contributed by atoms with Gasteiger partial charge >= 0.3 is 0 Å². The molecule has 2 nitrogen and oxygen atoms in total. The first-order chi connectivity index (χ1) is 7.65. The molecule has 0 aliphatic heterocycles. The Morgan fingerprint density at radius 3 is 2.12 bits per heavy atom. The molecule has 0 amide bonds. The van der Waals surface area contributed by atoms with E-state index in [2.05, 4.69) is 49.9 Å². The molecule has 2 N–H and O–H groups in total. The fraction of sp³-hybridized carbons (Fsp3) is 0.571. The Kier molecular flexibility index (Phi) is 5.50. The molecule has 0 saturated carbocycles.